The van der Waals surface area contributed by atoms with Crippen LogP contribution in [0.15, 0.2) is 0 Å². The van der Waals surface area contributed by atoms with E-state index < -0.39 is 0 Å². The molecule has 0 amide bonds. The second-order valence-corrected chi connectivity index (χ2v) is 4.84. The molecule has 0 saturated carbocycles. The van der Waals surface area contributed by atoms with Crippen LogP contribution < -0.4 is 0 Å². The fraction of sp³-hybridized carbons (Fsp3) is 1.00. The van der Waals surface area contributed by atoms with Gasteiger partial charge in [0.05, 0.1) is 6.10 Å². The monoisotopic (exact) mass is 200 g/mol. The summed E-state index contributed by atoms with van der Waals surface area (Å²) >= 11 is 0. The van der Waals surface area contributed by atoms with Gasteiger partial charge in [-0.1, -0.05) is 0 Å². The molecule has 14 heavy (non-hydrogen) atoms. The van der Waals surface area contributed by atoms with Crippen molar-refractivity contribution in [1.29, 1.82) is 0 Å². The SMILES string of the molecule is CC(C)N(CCN1CC(O)C1)C(C)C. The van der Waals surface area contributed by atoms with Crippen LogP contribution in [0, 0.1) is 0 Å². The maximum absolute atomic E-state index is 9.15. The van der Waals surface area contributed by atoms with E-state index >= 15 is 0 Å². The molecule has 1 aliphatic rings. The van der Waals surface area contributed by atoms with Gasteiger partial charge in [-0.3, -0.25) is 9.80 Å². The largest absolute Gasteiger partial charge is 0.390 e. The Bertz CT molecular complexity index is 157. The molecule has 0 bridgehead atoms. The van der Waals surface area contributed by atoms with E-state index in [0.29, 0.717) is 12.1 Å². The van der Waals surface area contributed by atoms with Crippen LogP contribution in [0.2, 0.25) is 0 Å². The van der Waals surface area contributed by atoms with Gasteiger partial charge in [-0.05, 0) is 27.7 Å². The summed E-state index contributed by atoms with van der Waals surface area (Å²) in [5, 5.41) is 9.15. The quantitative estimate of drug-likeness (QED) is 0.710. The number of nitrogens with zero attached hydrogens (tertiary/aromatic N) is 2. The first-order valence-corrected chi connectivity index (χ1v) is 5.67. The van der Waals surface area contributed by atoms with E-state index in [0.717, 1.165) is 26.2 Å². The van der Waals surface area contributed by atoms with Crippen LogP contribution in [0.4, 0.5) is 0 Å². The van der Waals surface area contributed by atoms with Gasteiger partial charge in [-0.2, -0.15) is 0 Å². The Balaban J connectivity index is 2.20. The Kier molecular flexibility index (Phi) is 4.35. The van der Waals surface area contributed by atoms with Crippen molar-refractivity contribution in [3.05, 3.63) is 0 Å². The van der Waals surface area contributed by atoms with Crippen LogP contribution >= 0.6 is 0 Å². The van der Waals surface area contributed by atoms with Gasteiger partial charge >= 0.3 is 0 Å². The molecule has 0 radical (unpaired) electrons. The van der Waals surface area contributed by atoms with Crippen molar-refractivity contribution in [2.24, 2.45) is 0 Å². The van der Waals surface area contributed by atoms with Gasteiger partial charge < -0.3 is 5.11 Å². The minimum Gasteiger partial charge on any atom is -0.390 e. The lowest BCUT2D eigenvalue weighted by Crippen LogP contribution is -2.53. The zero-order valence-electron chi connectivity index (χ0n) is 9.90. The summed E-state index contributed by atoms with van der Waals surface area (Å²) in [6, 6.07) is 1.22. The molecule has 1 rings (SSSR count). The molecule has 1 aliphatic heterocycles. The highest BCUT2D eigenvalue weighted by Gasteiger charge is 2.24. The summed E-state index contributed by atoms with van der Waals surface area (Å²) in [6.45, 7) is 12.9. The highest BCUT2D eigenvalue weighted by atomic mass is 16.3. The number of β-amino-alcohol motifs (C(OH)–C–C–N with tert-alkyl or cyclic N) is 1. The van der Waals surface area contributed by atoms with Crippen molar-refractivity contribution >= 4 is 0 Å². The van der Waals surface area contributed by atoms with Crippen molar-refractivity contribution in [3.8, 4) is 0 Å². The van der Waals surface area contributed by atoms with Gasteiger partial charge in [0.15, 0.2) is 0 Å². The molecule has 1 fully saturated rings. The van der Waals surface area contributed by atoms with Gasteiger partial charge in [0.25, 0.3) is 0 Å². The number of hydrogen-bond acceptors (Lipinski definition) is 3. The Labute approximate surface area is 87.7 Å². The van der Waals surface area contributed by atoms with Crippen molar-refractivity contribution in [2.45, 2.75) is 45.9 Å². The smallest absolute Gasteiger partial charge is 0.0793 e. The summed E-state index contributed by atoms with van der Waals surface area (Å²) in [7, 11) is 0. The van der Waals surface area contributed by atoms with Gasteiger partial charge in [0.1, 0.15) is 0 Å². The van der Waals surface area contributed by atoms with Crippen molar-refractivity contribution < 1.29 is 5.11 Å². The lowest BCUT2D eigenvalue weighted by molar-refractivity contribution is -0.00608. The molecule has 0 aliphatic carbocycles. The van der Waals surface area contributed by atoms with E-state index in [1.807, 2.05) is 0 Å². The third-order valence-corrected chi connectivity index (χ3v) is 2.94. The molecule has 84 valence electrons. The summed E-state index contributed by atoms with van der Waals surface area (Å²) in [5.41, 5.74) is 0. The zero-order valence-corrected chi connectivity index (χ0v) is 9.90. The molecule has 1 heterocycles. The topological polar surface area (TPSA) is 26.7 Å². The highest BCUT2D eigenvalue weighted by Crippen LogP contribution is 2.09. The van der Waals surface area contributed by atoms with Crippen molar-refractivity contribution in [1.82, 2.24) is 9.80 Å². The Morgan fingerprint density at radius 2 is 1.71 bits per heavy atom. The Morgan fingerprint density at radius 1 is 1.21 bits per heavy atom. The maximum Gasteiger partial charge on any atom is 0.0793 e. The number of rotatable bonds is 5. The fourth-order valence-electron chi connectivity index (χ4n) is 2.09. The average molecular weight is 200 g/mol. The van der Waals surface area contributed by atoms with E-state index in [1.54, 1.807) is 0 Å². The predicted molar refractivity (Wildman–Crippen MR) is 59.4 cm³/mol. The van der Waals surface area contributed by atoms with Crippen molar-refractivity contribution in [2.75, 3.05) is 26.2 Å². The molecule has 0 spiro atoms. The molecule has 0 unspecified atom stereocenters. The number of likely N-dealkylation sites (tertiary alicyclic amines) is 1. The third-order valence-electron chi connectivity index (χ3n) is 2.94. The second-order valence-electron chi connectivity index (χ2n) is 4.84. The van der Waals surface area contributed by atoms with Gasteiger partial charge in [-0.15, -0.1) is 0 Å². The minimum atomic E-state index is -0.0680. The second kappa shape index (κ2) is 5.10. The lowest BCUT2D eigenvalue weighted by atomic mass is 10.1. The third kappa shape index (κ3) is 3.23. The van der Waals surface area contributed by atoms with E-state index in [-0.39, 0.29) is 6.10 Å². The summed E-state index contributed by atoms with van der Waals surface area (Å²) in [5.74, 6) is 0. The van der Waals surface area contributed by atoms with E-state index in [1.165, 1.54) is 0 Å². The lowest BCUT2D eigenvalue weighted by Gasteiger charge is -2.39. The molecule has 0 atom stereocenters. The molecule has 1 N–H and O–H groups in total. The molecule has 0 aromatic heterocycles. The maximum atomic E-state index is 9.15. The molecule has 3 heteroatoms. The Hall–Kier alpha value is -0.120. The number of hydrogen-bond donors (Lipinski definition) is 1. The number of aliphatic hydroxyl groups is 1. The highest BCUT2D eigenvalue weighted by molar-refractivity contribution is 4.80. The molecule has 0 aromatic rings. The van der Waals surface area contributed by atoms with Crippen LogP contribution in [0.5, 0.6) is 0 Å². The summed E-state index contributed by atoms with van der Waals surface area (Å²) in [6.07, 6.45) is -0.0680. The summed E-state index contributed by atoms with van der Waals surface area (Å²) < 4.78 is 0. The Morgan fingerprint density at radius 3 is 2.07 bits per heavy atom. The molecule has 0 aromatic carbocycles. The van der Waals surface area contributed by atoms with Crippen LogP contribution in [0.3, 0.4) is 0 Å². The minimum absolute atomic E-state index is 0.0680. The standard InChI is InChI=1S/C11H24N2O/c1-9(2)13(10(3)4)6-5-12-7-11(14)8-12/h9-11,14H,5-8H2,1-4H3. The zero-order chi connectivity index (χ0) is 10.7. The van der Waals surface area contributed by atoms with Gasteiger partial charge in [0, 0.05) is 38.3 Å². The van der Waals surface area contributed by atoms with Crippen LogP contribution in [-0.2, 0) is 0 Å². The van der Waals surface area contributed by atoms with E-state index in [4.69, 9.17) is 5.11 Å². The predicted octanol–water partition coefficient (Wildman–Crippen LogP) is 0.782. The van der Waals surface area contributed by atoms with Gasteiger partial charge in [-0.25, -0.2) is 0 Å². The molecule has 3 nitrogen and oxygen atoms in total. The molecule has 1 saturated heterocycles. The van der Waals surface area contributed by atoms with Gasteiger partial charge in [0.2, 0.25) is 0 Å². The van der Waals surface area contributed by atoms with Crippen LogP contribution in [0.1, 0.15) is 27.7 Å². The van der Waals surface area contributed by atoms with E-state index in [9.17, 15) is 0 Å². The number of aliphatic hydroxyl groups excluding tert-OH is 1. The fourth-order valence-corrected chi connectivity index (χ4v) is 2.09. The average Bonchev–Trinajstić information content (AvgIpc) is 1.99. The van der Waals surface area contributed by atoms with Crippen molar-refractivity contribution in [3.63, 3.8) is 0 Å². The summed E-state index contributed by atoms with van der Waals surface area (Å²) in [4.78, 5) is 4.80. The van der Waals surface area contributed by atoms with Crippen LogP contribution in [0.25, 0.3) is 0 Å². The first-order valence-electron chi connectivity index (χ1n) is 5.67. The normalized spacial score (nSPS) is 19.7. The van der Waals surface area contributed by atoms with E-state index in [2.05, 4.69) is 37.5 Å². The molecular formula is C11H24N2O. The first-order chi connectivity index (χ1) is 6.50. The first kappa shape index (κ1) is 12.0. The molecular weight excluding hydrogens is 176 g/mol. The van der Waals surface area contributed by atoms with Crippen LogP contribution in [-0.4, -0.2) is 59.3 Å².